The van der Waals surface area contributed by atoms with Crippen LogP contribution in [0.1, 0.15) is 25.8 Å². The Balaban J connectivity index is 1.98. The summed E-state index contributed by atoms with van der Waals surface area (Å²) < 4.78 is 0. The fourth-order valence-electron chi connectivity index (χ4n) is 2.77. The highest BCUT2D eigenvalue weighted by atomic mass is 16.4. The lowest BCUT2D eigenvalue weighted by Gasteiger charge is -2.23. The van der Waals surface area contributed by atoms with Gasteiger partial charge >= 0.3 is 5.97 Å². The number of carbonyl (C=O) groups excluding carboxylic acids is 2. The highest BCUT2D eigenvalue weighted by Gasteiger charge is 2.26. The van der Waals surface area contributed by atoms with Crippen LogP contribution < -0.4 is 16.0 Å². The third-order valence-corrected chi connectivity index (χ3v) is 4.50. The van der Waals surface area contributed by atoms with Crippen molar-refractivity contribution in [2.75, 3.05) is 5.32 Å². The average molecular weight is 397 g/mol. The molecule has 0 aliphatic heterocycles. The molecule has 0 radical (unpaired) electrons. The number of hydrogen-bond donors (Lipinski definition) is 4. The minimum absolute atomic E-state index is 0.349. The Labute approximate surface area is 170 Å². The van der Waals surface area contributed by atoms with Crippen molar-refractivity contribution in [3.63, 3.8) is 0 Å². The number of carboxylic acids is 1. The van der Waals surface area contributed by atoms with E-state index in [1.165, 1.54) is 6.92 Å². The second-order valence-electron chi connectivity index (χ2n) is 6.89. The van der Waals surface area contributed by atoms with Gasteiger partial charge in [-0.25, -0.2) is 0 Å². The van der Waals surface area contributed by atoms with Crippen LogP contribution in [0.25, 0.3) is 0 Å². The Bertz CT molecular complexity index is 811. The first kappa shape index (κ1) is 22.1. The van der Waals surface area contributed by atoms with E-state index in [1.807, 2.05) is 36.4 Å². The molecule has 7 heteroatoms. The van der Waals surface area contributed by atoms with Gasteiger partial charge in [0.15, 0.2) is 0 Å². The van der Waals surface area contributed by atoms with Crippen molar-refractivity contribution < 1.29 is 19.5 Å². The summed E-state index contributed by atoms with van der Waals surface area (Å²) in [6.07, 6.45) is 1.00. The molecule has 0 unspecified atom stereocenters. The molecule has 0 saturated carbocycles. The SMILES string of the molecule is C[C@@H](N[C@@H](CCc1ccccc1)C(=O)N[C@H](C)C(=O)Nc1ccccc1)C(=O)O. The Morgan fingerprint density at radius 3 is 2.03 bits per heavy atom. The van der Waals surface area contributed by atoms with Gasteiger partial charge in [-0.1, -0.05) is 48.5 Å². The van der Waals surface area contributed by atoms with Crippen LogP contribution in [-0.2, 0) is 20.8 Å². The van der Waals surface area contributed by atoms with Crippen molar-refractivity contribution in [2.45, 2.75) is 44.8 Å². The monoisotopic (exact) mass is 397 g/mol. The van der Waals surface area contributed by atoms with Gasteiger partial charge in [0, 0.05) is 5.69 Å². The molecule has 154 valence electrons. The van der Waals surface area contributed by atoms with Gasteiger partial charge in [0.2, 0.25) is 11.8 Å². The molecule has 0 aliphatic carbocycles. The van der Waals surface area contributed by atoms with Crippen molar-refractivity contribution in [2.24, 2.45) is 0 Å². The molecule has 2 rings (SSSR count). The topological polar surface area (TPSA) is 108 Å². The van der Waals surface area contributed by atoms with Crippen LogP contribution >= 0.6 is 0 Å². The molecular weight excluding hydrogens is 370 g/mol. The zero-order valence-electron chi connectivity index (χ0n) is 16.6. The maximum absolute atomic E-state index is 12.7. The summed E-state index contributed by atoms with van der Waals surface area (Å²) in [4.78, 5) is 36.3. The number of aryl methyl sites for hydroxylation is 1. The van der Waals surface area contributed by atoms with Crippen LogP contribution in [0.4, 0.5) is 5.69 Å². The molecule has 0 aliphatic rings. The summed E-state index contributed by atoms with van der Waals surface area (Å²) in [5, 5.41) is 17.4. The lowest BCUT2D eigenvalue weighted by molar-refractivity contribution is -0.139. The molecule has 29 heavy (non-hydrogen) atoms. The Kier molecular flexibility index (Phi) is 8.36. The maximum Gasteiger partial charge on any atom is 0.320 e. The Morgan fingerprint density at radius 2 is 1.45 bits per heavy atom. The van der Waals surface area contributed by atoms with Crippen molar-refractivity contribution in [1.82, 2.24) is 10.6 Å². The van der Waals surface area contributed by atoms with Gasteiger partial charge in [0.25, 0.3) is 0 Å². The zero-order valence-corrected chi connectivity index (χ0v) is 16.6. The predicted octanol–water partition coefficient (Wildman–Crippen LogP) is 2.19. The van der Waals surface area contributed by atoms with Crippen LogP contribution in [0.3, 0.4) is 0 Å². The number of carboxylic acid groups (broad SMARTS) is 1. The van der Waals surface area contributed by atoms with E-state index in [9.17, 15) is 19.5 Å². The van der Waals surface area contributed by atoms with Crippen molar-refractivity contribution >= 4 is 23.5 Å². The van der Waals surface area contributed by atoms with Gasteiger partial charge in [0.05, 0.1) is 6.04 Å². The van der Waals surface area contributed by atoms with Gasteiger partial charge in [0.1, 0.15) is 12.1 Å². The Morgan fingerprint density at radius 1 is 0.862 bits per heavy atom. The van der Waals surface area contributed by atoms with Crippen LogP contribution in [0.2, 0.25) is 0 Å². The summed E-state index contributed by atoms with van der Waals surface area (Å²) in [6, 6.07) is 16.2. The number of rotatable bonds is 10. The number of amides is 2. The van der Waals surface area contributed by atoms with E-state index in [2.05, 4.69) is 16.0 Å². The van der Waals surface area contributed by atoms with Crippen molar-refractivity contribution in [3.05, 3.63) is 66.2 Å². The summed E-state index contributed by atoms with van der Waals surface area (Å²) >= 11 is 0. The fraction of sp³-hybridized carbons (Fsp3) is 0.318. The third-order valence-electron chi connectivity index (χ3n) is 4.50. The predicted molar refractivity (Wildman–Crippen MR) is 111 cm³/mol. The van der Waals surface area contributed by atoms with Crippen LogP contribution in [-0.4, -0.2) is 41.0 Å². The molecule has 0 saturated heterocycles. The van der Waals surface area contributed by atoms with Crippen LogP contribution in [0, 0.1) is 0 Å². The number of benzene rings is 2. The highest BCUT2D eigenvalue weighted by Crippen LogP contribution is 2.08. The number of hydrogen-bond acceptors (Lipinski definition) is 4. The summed E-state index contributed by atoms with van der Waals surface area (Å²) in [5.74, 6) is -1.81. The number of anilines is 1. The van der Waals surface area contributed by atoms with Crippen molar-refractivity contribution in [3.8, 4) is 0 Å². The van der Waals surface area contributed by atoms with E-state index in [0.717, 1.165) is 5.56 Å². The average Bonchev–Trinajstić information content (AvgIpc) is 2.72. The largest absolute Gasteiger partial charge is 0.480 e. The van der Waals surface area contributed by atoms with Crippen molar-refractivity contribution in [1.29, 1.82) is 0 Å². The van der Waals surface area contributed by atoms with E-state index in [1.54, 1.807) is 31.2 Å². The minimum Gasteiger partial charge on any atom is -0.480 e. The second kappa shape index (κ2) is 11.0. The molecule has 0 heterocycles. The fourth-order valence-corrected chi connectivity index (χ4v) is 2.77. The molecular formula is C22H27N3O4. The molecule has 4 N–H and O–H groups in total. The summed E-state index contributed by atoms with van der Waals surface area (Å²) in [5.41, 5.74) is 1.68. The number of aliphatic carboxylic acids is 1. The standard InChI is InChI=1S/C22H27N3O4/c1-15(20(26)25-18-11-7-4-8-12-18)24-21(27)19(23-16(2)22(28)29)14-13-17-9-5-3-6-10-17/h3-12,15-16,19,23H,13-14H2,1-2H3,(H,24,27)(H,25,26)(H,28,29)/t15-,16-,19+/m1/s1. The number of nitrogens with one attached hydrogen (secondary N) is 3. The lowest BCUT2D eigenvalue weighted by atomic mass is 10.0. The lowest BCUT2D eigenvalue weighted by Crippen LogP contribution is -2.53. The van der Waals surface area contributed by atoms with E-state index in [-0.39, 0.29) is 5.91 Å². The molecule has 3 atom stereocenters. The summed E-state index contributed by atoms with van der Waals surface area (Å²) in [6.45, 7) is 3.07. The molecule has 0 bridgehead atoms. The van der Waals surface area contributed by atoms with Gasteiger partial charge in [-0.15, -0.1) is 0 Å². The minimum atomic E-state index is -1.04. The van der Waals surface area contributed by atoms with E-state index < -0.39 is 30.0 Å². The molecule has 7 nitrogen and oxygen atoms in total. The molecule has 2 aromatic carbocycles. The second-order valence-corrected chi connectivity index (χ2v) is 6.89. The van der Waals surface area contributed by atoms with Gasteiger partial charge in [-0.05, 0) is 44.4 Å². The van der Waals surface area contributed by atoms with Gasteiger partial charge < -0.3 is 15.7 Å². The van der Waals surface area contributed by atoms with E-state index >= 15 is 0 Å². The first-order valence-electron chi connectivity index (χ1n) is 9.56. The molecule has 0 spiro atoms. The van der Waals surface area contributed by atoms with Crippen LogP contribution in [0.15, 0.2) is 60.7 Å². The summed E-state index contributed by atoms with van der Waals surface area (Å²) in [7, 11) is 0. The van der Waals surface area contributed by atoms with Crippen LogP contribution in [0.5, 0.6) is 0 Å². The zero-order chi connectivity index (χ0) is 21.2. The smallest absolute Gasteiger partial charge is 0.320 e. The van der Waals surface area contributed by atoms with E-state index in [0.29, 0.717) is 18.5 Å². The normalized spacial score (nSPS) is 13.7. The quantitative estimate of drug-likeness (QED) is 0.492. The first-order chi connectivity index (χ1) is 13.9. The molecule has 2 amide bonds. The Hall–Kier alpha value is -3.19. The molecule has 2 aromatic rings. The maximum atomic E-state index is 12.7. The molecule has 0 aromatic heterocycles. The first-order valence-corrected chi connectivity index (χ1v) is 9.56. The van der Waals surface area contributed by atoms with Gasteiger partial charge in [-0.3, -0.25) is 19.7 Å². The highest BCUT2D eigenvalue weighted by molar-refractivity contribution is 5.97. The van der Waals surface area contributed by atoms with Gasteiger partial charge in [-0.2, -0.15) is 0 Å². The number of para-hydroxylation sites is 1. The third kappa shape index (κ3) is 7.38. The van der Waals surface area contributed by atoms with E-state index in [4.69, 9.17) is 0 Å². The number of carbonyl (C=O) groups is 3. The molecule has 0 fully saturated rings.